The van der Waals surface area contributed by atoms with Gasteiger partial charge in [0.05, 0.1) is 25.6 Å². The molecule has 1 aliphatic heterocycles. The number of carbonyl (C=O) groups is 1. The van der Waals surface area contributed by atoms with Crippen molar-refractivity contribution in [3.8, 4) is 0 Å². The Labute approximate surface area is 139 Å². The summed E-state index contributed by atoms with van der Waals surface area (Å²) in [6.45, 7) is 2.78. The summed E-state index contributed by atoms with van der Waals surface area (Å²) in [5.41, 5.74) is 0.966. The molecule has 3 rings (SSSR count). The van der Waals surface area contributed by atoms with Crippen molar-refractivity contribution in [2.24, 2.45) is 0 Å². The quantitative estimate of drug-likeness (QED) is 0.904. The van der Waals surface area contributed by atoms with Crippen LogP contribution in [-0.2, 0) is 11.2 Å². The average molecular weight is 330 g/mol. The molecule has 126 valence electrons. The van der Waals surface area contributed by atoms with Crippen molar-refractivity contribution in [1.82, 2.24) is 14.9 Å². The van der Waals surface area contributed by atoms with Crippen LogP contribution in [0.1, 0.15) is 16.1 Å². The molecule has 0 atom stereocenters. The van der Waals surface area contributed by atoms with Crippen molar-refractivity contribution in [2.75, 3.05) is 38.2 Å². The van der Waals surface area contributed by atoms with Gasteiger partial charge in [-0.2, -0.15) is 0 Å². The molecule has 0 unspecified atom stereocenters. The number of halogens is 1. The molecule has 0 aliphatic carbocycles. The standard InChI is InChI=1S/C17H19FN4O2/c18-14-4-2-1-3-13(14)5-6-19-16-12-20-15(11-21-16)17(23)22-7-9-24-10-8-22/h1-4,11-12H,5-10H2,(H,19,21). The SMILES string of the molecule is O=C(c1cnc(NCCc2ccccc2F)cn1)N1CCOCC1. The molecule has 24 heavy (non-hydrogen) atoms. The fourth-order valence-electron chi connectivity index (χ4n) is 2.48. The monoisotopic (exact) mass is 330 g/mol. The van der Waals surface area contributed by atoms with Gasteiger partial charge in [0, 0.05) is 19.6 Å². The summed E-state index contributed by atoms with van der Waals surface area (Å²) in [5.74, 6) is 0.213. The van der Waals surface area contributed by atoms with Gasteiger partial charge in [-0.15, -0.1) is 0 Å². The van der Waals surface area contributed by atoms with Gasteiger partial charge in [0.1, 0.15) is 17.3 Å². The van der Waals surface area contributed by atoms with Crippen LogP contribution in [-0.4, -0.2) is 53.6 Å². The van der Waals surface area contributed by atoms with Crippen LogP contribution >= 0.6 is 0 Å². The van der Waals surface area contributed by atoms with Gasteiger partial charge in [-0.05, 0) is 18.1 Å². The van der Waals surface area contributed by atoms with E-state index in [0.29, 0.717) is 56.3 Å². The van der Waals surface area contributed by atoms with Crippen LogP contribution in [0.3, 0.4) is 0 Å². The molecule has 1 aromatic carbocycles. The maximum absolute atomic E-state index is 13.5. The van der Waals surface area contributed by atoms with E-state index in [1.165, 1.54) is 18.5 Å². The highest BCUT2D eigenvalue weighted by Gasteiger charge is 2.19. The van der Waals surface area contributed by atoms with Gasteiger partial charge in [0.25, 0.3) is 5.91 Å². The number of nitrogens with one attached hydrogen (secondary N) is 1. The lowest BCUT2D eigenvalue weighted by molar-refractivity contribution is 0.0298. The number of ether oxygens (including phenoxy) is 1. The summed E-state index contributed by atoms with van der Waals surface area (Å²) in [5, 5.41) is 3.08. The van der Waals surface area contributed by atoms with Crippen molar-refractivity contribution < 1.29 is 13.9 Å². The summed E-state index contributed by atoms with van der Waals surface area (Å²) in [7, 11) is 0. The average Bonchev–Trinajstić information content (AvgIpc) is 2.64. The van der Waals surface area contributed by atoms with Gasteiger partial charge in [0.15, 0.2) is 0 Å². The second-order valence-electron chi connectivity index (χ2n) is 5.46. The maximum Gasteiger partial charge on any atom is 0.274 e. The number of rotatable bonds is 5. The zero-order valence-corrected chi connectivity index (χ0v) is 13.2. The summed E-state index contributed by atoms with van der Waals surface area (Å²) >= 11 is 0. The first kappa shape index (κ1) is 16.3. The third-order valence-corrected chi connectivity index (χ3v) is 3.83. The number of anilines is 1. The van der Waals surface area contributed by atoms with Gasteiger partial charge in [-0.25, -0.2) is 14.4 Å². The Kier molecular flexibility index (Phi) is 5.32. The highest BCUT2D eigenvalue weighted by molar-refractivity contribution is 5.92. The molecule has 7 heteroatoms. The van der Waals surface area contributed by atoms with Crippen LogP contribution in [0.2, 0.25) is 0 Å². The first-order valence-electron chi connectivity index (χ1n) is 7.90. The molecule has 2 aromatic rings. The molecule has 1 fully saturated rings. The van der Waals surface area contributed by atoms with Crippen molar-refractivity contribution in [2.45, 2.75) is 6.42 Å². The van der Waals surface area contributed by atoms with Crippen LogP contribution in [0.5, 0.6) is 0 Å². The lowest BCUT2D eigenvalue weighted by Crippen LogP contribution is -2.41. The topological polar surface area (TPSA) is 67.4 Å². The zero-order valence-electron chi connectivity index (χ0n) is 13.2. The van der Waals surface area contributed by atoms with E-state index in [9.17, 15) is 9.18 Å². The molecule has 1 aromatic heterocycles. The third-order valence-electron chi connectivity index (χ3n) is 3.83. The van der Waals surface area contributed by atoms with Crippen molar-refractivity contribution in [1.29, 1.82) is 0 Å². The third kappa shape index (κ3) is 4.05. The van der Waals surface area contributed by atoms with Crippen LogP contribution in [0.25, 0.3) is 0 Å². The molecule has 2 heterocycles. The first-order chi connectivity index (χ1) is 11.7. The maximum atomic E-state index is 13.5. The Morgan fingerprint density at radius 3 is 2.71 bits per heavy atom. The Morgan fingerprint density at radius 2 is 2.00 bits per heavy atom. The number of morpholine rings is 1. The molecular weight excluding hydrogens is 311 g/mol. The fraction of sp³-hybridized carbons (Fsp3) is 0.353. The Balaban J connectivity index is 1.53. The summed E-state index contributed by atoms with van der Waals surface area (Å²) in [4.78, 5) is 22.3. The van der Waals surface area contributed by atoms with Crippen LogP contribution in [0.15, 0.2) is 36.7 Å². The number of nitrogens with zero attached hydrogens (tertiary/aromatic N) is 3. The van der Waals surface area contributed by atoms with E-state index in [4.69, 9.17) is 4.74 Å². The minimum Gasteiger partial charge on any atom is -0.378 e. The minimum absolute atomic E-state index is 0.135. The lowest BCUT2D eigenvalue weighted by Gasteiger charge is -2.26. The molecule has 0 radical (unpaired) electrons. The van der Waals surface area contributed by atoms with Crippen LogP contribution < -0.4 is 5.32 Å². The number of amides is 1. The molecular formula is C17H19FN4O2. The summed E-state index contributed by atoms with van der Waals surface area (Å²) < 4.78 is 18.8. The first-order valence-corrected chi connectivity index (χ1v) is 7.90. The Bertz CT molecular complexity index is 687. The number of hydrogen-bond donors (Lipinski definition) is 1. The predicted octanol–water partition coefficient (Wildman–Crippen LogP) is 1.74. The van der Waals surface area contributed by atoms with Crippen molar-refractivity contribution in [3.63, 3.8) is 0 Å². The Morgan fingerprint density at radius 1 is 1.21 bits per heavy atom. The molecule has 6 nitrogen and oxygen atoms in total. The molecule has 0 spiro atoms. The van der Waals surface area contributed by atoms with Gasteiger partial charge in [0.2, 0.25) is 0 Å². The van der Waals surface area contributed by atoms with Gasteiger partial charge in [-0.3, -0.25) is 4.79 Å². The highest BCUT2D eigenvalue weighted by atomic mass is 19.1. The number of carbonyl (C=O) groups excluding carboxylic acids is 1. The zero-order chi connectivity index (χ0) is 16.8. The molecule has 1 N–H and O–H groups in total. The molecule has 1 amide bonds. The number of hydrogen-bond acceptors (Lipinski definition) is 5. The summed E-state index contributed by atoms with van der Waals surface area (Å²) in [6.07, 6.45) is 3.53. The van der Waals surface area contributed by atoms with E-state index in [-0.39, 0.29) is 11.7 Å². The molecule has 0 saturated carbocycles. The fourth-order valence-corrected chi connectivity index (χ4v) is 2.48. The molecule has 1 saturated heterocycles. The largest absolute Gasteiger partial charge is 0.378 e. The normalized spacial score (nSPS) is 14.5. The second kappa shape index (κ2) is 7.83. The minimum atomic E-state index is -0.211. The second-order valence-corrected chi connectivity index (χ2v) is 5.46. The van der Waals surface area contributed by atoms with E-state index < -0.39 is 0 Å². The number of aromatic nitrogens is 2. The number of benzene rings is 1. The highest BCUT2D eigenvalue weighted by Crippen LogP contribution is 2.09. The van der Waals surface area contributed by atoms with Gasteiger partial charge >= 0.3 is 0 Å². The summed E-state index contributed by atoms with van der Waals surface area (Å²) in [6, 6.07) is 6.68. The smallest absolute Gasteiger partial charge is 0.274 e. The predicted molar refractivity (Wildman–Crippen MR) is 87.3 cm³/mol. The van der Waals surface area contributed by atoms with Crippen LogP contribution in [0.4, 0.5) is 10.2 Å². The van der Waals surface area contributed by atoms with E-state index in [1.54, 1.807) is 17.0 Å². The van der Waals surface area contributed by atoms with Crippen molar-refractivity contribution >= 4 is 11.7 Å². The molecule has 1 aliphatic rings. The van der Waals surface area contributed by atoms with Crippen molar-refractivity contribution in [3.05, 3.63) is 53.7 Å². The Hall–Kier alpha value is -2.54. The molecule has 0 bridgehead atoms. The van der Waals surface area contributed by atoms with Crippen LogP contribution in [0, 0.1) is 5.82 Å². The lowest BCUT2D eigenvalue weighted by atomic mass is 10.1. The van der Waals surface area contributed by atoms with E-state index in [2.05, 4.69) is 15.3 Å². The van der Waals surface area contributed by atoms with Gasteiger partial charge < -0.3 is 15.0 Å². The van der Waals surface area contributed by atoms with E-state index in [0.717, 1.165) is 0 Å². The van der Waals surface area contributed by atoms with E-state index >= 15 is 0 Å². The van der Waals surface area contributed by atoms with E-state index in [1.807, 2.05) is 6.07 Å². The van der Waals surface area contributed by atoms with Gasteiger partial charge in [-0.1, -0.05) is 18.2 Å².